The summed E-state index contributed by atoms with van der Waals surface area (Å²) in [5.74, 6) is -1.05. The number of hydrogen-bond donors (Lipinski definition) is 1. The number of alkyl halides is 3. The fraction of sp³-hybridized carbons (Fsp3) is 0.278. The molecule has 0 unspecified atom stereocenters. The number of hydrogen-bond acceptors (Lipinski definition) is 3. The Morgan fingerprint density at radius 3 is 2.43 bits per heavy atom. The normalized spacial score (nSPS) is 17.9. The van der Waals surface area contributed by atoms with Crippen LogP contribution in [0.4, 0.5) is 23.2 Å². The molecule has 1 aliphatic heterocycles. The summed E-state index contributed by atoms with van der Waals surface area (Å²) in [6.45, 7) is 0.109. The van der Waals surface area contributed by atoms with E-state index in [-0.39, 0.29) is 31.3 Å². The Bertz CT molecular complexity index is 975. The van der Waals surface area contributed by atoms with Crippen molar-refractivity contribution in [2.24, 2.45) is 5.92 Å². The van der Waals surface area contributed by atoms with Crippen LogP contribution in [-0.2, 0) is 21.0 Å². The third-order valence-electron chi connectivity index (χ3n) is 4.38. The van der Waals surface area contributed by atoms with Crippen LogP contribution in [0, 0.1) is 11.7 Å². The van der Waals surface area contributed by atoms with Crippen molar-refractivity contribution in [3.05, 3.63) is 59.9 Å². The quantitative estimate of drug-likeness (QED) is 0.762. The number of nitrogens with zero attached hydrogens (tertiary/aromatic N) is 1. The Morgan fingerprint density at radius 1 is 1.11 bits per heavy atom. The number of sulfonamides is 1. The highest BCUT2D eigenvalue weighted by molar-refractivity contribution is 7.89. The summed E-state index contributed by atoms with van der Waals surface area (Å²) in [6, 6.07) is 8.76. The molecule has 0 spiro atoms. The molecule has 0 bridgehead atoms. The van der Waals surface area contributed by atoms with Crippen LogP contribution in [0.2, 0.25) is 0 Å². The first-order valence-corrected chi connectivity index (χ1v) is 9.77. The summed E-state index contributed by atoms with van der Waals surface area (Å²) in [7, 11) is -4.17. The van der Waals surface area contributed by atoms with Crippen molar-refractivity contribution in [1.82, 2.24) is 4.72 Å². The van der Waals surface area contributed by atoms with Crippen molar-refractivity contribution in [1.29, 1.82) is 0 Å². The summed E-state index contributed by atoms with van der Waals surface area (Å²) in [5.41, 5.74) is -0.566. The highest BCUT2D eigenvalue weighted by Crippen LogP contribution is 2.30. The molecule has 1 aliphatic rings. The van der Waals surface area contributed by atoms with Gasteiger partial charge in [-0.15, -0.1) is 0 Å². The molecule has 0 saturated carbocycles. The van der Waals surface area contributed by atoms with Gasteiger partial charge in [0.25, 0.3) is 0 Å². The van der Waals surface area contributed by atoms with Crippen molar-refractivity contribution in [3.63, 3.8) is 0 Å². The van der Waals surface area contributed by atoms with Gasteiger partial charge in [-0.05, 0) is 48.4 Å². The van der Waals surface area contributed by atoms with Gasteiger partial charge in [-0.25, -0.2) is 17.5 Å². The number of amides is 1. The molecular formula is C18H16F4N2O3S. The predicted octanol–water partition coefficient (Wildman–Crippen LogP) is 3.18. The van der Waals surface area contributed by atoms with E-state index < -0.39 is 32.5 Å². The van der Waals surface area contributed by atoms with E-state index >= 15 is 0 Å². The van der Waals surface area contributed by atoms with Crippen LogP contribution in [0.5, 0.6) is 0 Å². The Labute approximate surface area is 159 Å². The number of carbonyl (C=O) groups excluding carboxylic acids is 1. The Morgan fingerprint density at radius 2 is 1.79 bits per heavy atom. The zero-order valence-corrected chi connectivity index (χ0v) is 15.2. The molecule has 1 amide bonds. The molecule has 1 atom stereocenters. The molecule has 1 fully saturated rings. The van der Waals surface area contributed by atoms with E-state index in [1.807, 2.05) is 0 Å². The van der Waals surface area contributed by atoms with E-state index in [0.29, 0.717) is 11.8 Å². The maximum atomic E-state index is 13.0. The second-order valence-electron chi connectivity index (χ2n) is 6.43. The maximum Gasteiger partial charge on any atom is 0.416 e. The molecule has 10 heteroatoms. The van der Waals surface area contributed by atoms with Gasteiger partial charge in [0, 0.05) is 25.2 Å². The van der Waals surface area contributed by atoms with E-state index in [4.69, 9.17) is 0 Å². The predicted molar refractivity (Wildman–Crippen MR) is 93.5 cm³/mol. The Hall–Kier alpha value is -2.46. The second-order valence-corrected chi connectivity index (χ2v) is 8.20. The summed E-state index contributed by atoms with van der Waals surface area (Å²) in [5, 5.41) is 0. The molecule has 150 valence electrons. The Kier molecular flexibility index (Phi) is 5.44. The molecule has 1 saturated heterocycles. The van der Waals surface area contributed by atoms with E-state index in [1.54, 1.807) is 0 Å². The largest absolute Gasteiger partial charge is 0.416 e. The molecule has 1 N–H and O–H groups in total. The van der Waals surface area contributed by atoms with Gasteiger partial charge < -0.3 is 4.90 Å². The van der Waals surface area contributed by atoms with Crippen molar-refractivity contribution in [2.45, 2.75) is 17.5 Å². The zero-order chi connectivity index (χ0) is 20.5. The summed E-state index contributed by atoms with van der Waals surface area (Å²) in [4.78, 5) is 13.1. The summed E-state index contributed by atoms with van der Waals surface area (Å²) < 4.78 is 78.2. The van der Waals surface area contributed by atoms with Crippen LogP contribution in [-0.4, -0.2) is 27.4 Å². The first kappa shape index (κ1) is 20.3. The minimum Gasteiger partial charge on any atom is -0.312 e. The smallest absolute Gasteiger partial charge is 0.312 e. The fourth-order valence-corrected chi connectivity index (χ4v) is 4.10. The first-order chi connectivity index (χ1) is 13.1. The summed E-state index contributed by atoms with van der Waals surface area (Å²) in [6.07, 6.45) is -4.58. The average Bonchev–Trinajstić information content (AvgIpc) is 3.01. The van der Waals surface area contributed by atoms with Gasteiger partial charge in [0.2, 0.25) is 15.9 Å². The monoisotopic (exact) mass is 416 g/mol. The van der Waals surface area contributed by atoms with Gasteiger partial charge in [-0.1, -0.05) is 6.07 Å². The van der Waals surface area contributed by atoms with Crippen LogP contribution in [0.15, 0.2) is 53.4 Å². The van der Waals surface area contributed by atoms with Crippen LogP contribution >= 0.6 is 0 Å². The number of nitrogens with one attached hydrogen (secondary N) is 1. The topological polar surface area (TPSA) is 66.5 Å². The molecule has 28 heavy (non-hydrogen) atoms. The van der Waals surface area contributed by atoms with Crippen molar-refractivity contribution >= 4 is 21.6 Å². The van der Waals surface area contributed by atoms with Crippen LogP contribution in [0.25, 0.3) is 0 Å². The molecule has 0 aromatic heterocycles. The first-order valence-electron chi connectivity index (χ1n) is 8.29. The molecular weight excluding hydrogens is 400 g/mol. The average molecular weight is 416 g/mol. The number of rotatable bonds is 5. The van der Waals surface area contributed by atoms with Gasteiger partial charge in [0.15, 0.2) is 0 Å². The number of anilines is 1. The lowest BCUT2D eigenvalue weighted by Gasteiger charge is -2.17. The van der Waals surface area contributed by atoms with Crippen molar-refractivity contribution < 1.29 is 30.8 Å². The maximum absolute atomic E-state index is 13.0. The van der Waals surface area contributed by atoms with E-state index in [1.165, 1.54) is 29.2 Å². The third-order valence-corrected chi connectivity index (χ3v) is 5.80. The molecule has 5 nitrogen and oxygen atoms in total. The lowest BCUT2D eigenvalue weighted by Crippen LogP contribution is -2.31. The van der Waals surface area contributed by atoms with Crippen LogP contribution in [0.1, 0.15) is 12.0 Å². The SMILES string of the molecule is O=C1C[C@H](CNS(=O)(=O)c2cccc(C(F)(F)F)c2)CN1c1ccc(F)cc1. The highest BCUT2D eigenvalue weighted by Gasteiger charge is 2.33. The molecule has 0 aliphatic carbocycles. The lowest BCUT2D eigenvalue weighted by atomic mass is 10.1. The number of carbonyl (C=O) groups is 1. The van der Waals surface area contributed by atoms with Gasteiger partial charge in [-0.2, -0.15) is 13.2 Å². The van der Waals surface area contributed by atoms with Gasteiger partial charge >= 0.3 is 6.18 Å². The second kappa shape index (κ2) is 7.51. The van der Waals surface area contributed by atoms with Crippen molar-refractivity contribution in [2.75, 3.05) is 18.0 Å². The third kappa shape index (κ3) is 4.50. The van der Waals surface area contributed by atoms with Crippen LogP contribution < -0.4 is 9.62 Å². The van der Waals surface area contributed by atoms with E-state index in [0.717, 1.165) is 18.2 Å². The van der Waals surface area contributed by atoms with Gasteiger partial charge in [0.1, 0.15) is 5.82 Å². The number of halogens is 4. The molecule has 0 radical (unpaired) electrons. The summed E-state index contributed by atoms with van der Waals surface area (Å²) >= 11 is 0. The zero-order valence-electron chi connectivity index (χ0n) is 14.4. The van der Waals surface area contributed by atoms with E-state index in [9.17, 15) is 30.8 Å². The fourth-order valence-electron chi connectivity index (χ4n) is 2.94. The highest BCUT2D eigenvalue weighted by atomic mass is 32.2. The molecule has 1 heterocycles. The van der Waals surface area contributed by atoms with Gasteiger partial charge in [-0.3, -0.25) is 4.79 Å². The number of benzene rings is 2. The van der Waals surface area contributed by atoms with E-state index in [2.05, 4.69) is 4.72 Å². The molecule has 3 rings (SSSR count). The molecule has 2 aromatic rings. The van der Waals surface area contributed by atoms with Crippen molar-refractivity contribution in [3.8, 4) is 0 Å². The van der Waals surface area contributed by atoms with Crippen LogP contribution in [0.3, 0.4) is 0 Å². The Balaban J connectivity index is 1.67. The lowest BCUT2D eigenvalue weighted by molar-refractivity contribution is -0.137. The van der Waals surface area contributed by atoms with Gasteiger partial charge in [0.05, 0.1) is 10.5 Å². The minimum atomic E-state index is -4.65. The standard InChI is InChI=1S/C18H16F4N2O3S/c19-14-4-6-15(7-5-14)24-11-12(8-17(24)25)10-23-28(26,27)16-3-1-2-13(9-16)18(20,21)22/h1-7,9,12,23H,8,10-11H2/t12-/m1/s1. The molecule has 2 aromatic carbocycles. The minimum absolute atomic E-state index is 0.0719.